The molecule has 0 heterocycles. The fraction of sp³-hybridized carbons (Fsp3) is 0.727. The summed E-state index contributed by atoms with van der Waals surface area (Å²) in [5.74, 6) is -0.635. The first kappa shape index (κ1) is 13.2. The minimum Gasteiger partial charge on any atom is -0.461 e. The molecule has 0 saturated carbocycles. The van der Waals surface area contributed by atoms with Crippen molar-refractivity contribution in [1.82, 2.24) is 0 Å². The van der Waals surface area contributed by atoms with Gasteiger partial charge in [-0.15, -0.1) is 6.58 Å². The van der Waals surface area contributed by atoms with Crippen molar-refractivity contribution in [2.24, 2.45) is 11.8 Å². The molecule has 3 nitrogen and oxygen atoms in total. The van der Waals surface area contributed by atoms with Crippen molar-refractivity contribution in [3.05, 3.63) is 12.7 Å². The van der Waals surface area contributed by atoms with Gasteiger partial charge in [0.1, 0.15) is 0 Å². The summed E-state index contributed by atoms with van der Waals surface area (Å²) in [6.07, 6.45) is 0.463. The second-order valence-corrected chi connectivity index (χ2v) is 3.88. The third-order valence-corrected chi connectivity index (χ3v) is 2.29. The maximum Gasteiger partial charge on any atom is 0.335 e. The van der Waals surface area contributed by atoms with Gasteiger partial charge in [0.25, 0.3) is 0 Å². The van der Waals surface area contributed by atoms with Gasteiger partial charge in [0.2, 0.25) is 0 Å². The molecule has 0 aromatic rings. The third kappa shape index (κ3) is 3.92. The van der Waals surface area contributed by atoms with Crippen LogP contribution in [-0.2, 0) is 9.53 Å². The van der Waals surface area contributed by atoms with Gasteiger partial charge in [-0.1, -0.05) is 19.9 Å². The zero-order valence-electron chi connectivity index (χ0n) is 9.36. The first-order valence-corrected chi connectivity index (χ1v) is 4.91. The van der Waals surface area contributed by atoms with Crippen LogP contribution in [0.25, 0.3) is 0 Å². The number of carbonyl (C=O) groups is 1. The van der Waals surface area contributed by atoms with E-state index < -0.39 is 12.1 Å². The molecule has 0 saturated heterocycles. The fourth-order valence-corrected chi connectivity index (χ4v) is 1.02. The van der Waals surface area contributed by atoms with E-state index in [1.165, 1.54) is 0 Å². The van der Waals surface area contributed by atoms with Gasteiger partial charge in [-0.25, -0.2) is 4.79 Å². The SMILES string of the molecule is C=C[C@@H](C)[C@H](C)[C@H](O)C(=O)OC(C)C. The standard InChI is InChI=1S/C11H20O3/c1-6-8(4)9(5)10(12)11(13)14-7(2)3/h6-10,12H,1H2,2-5H3/t8-,9+,10+/m1/s1. The Labute approximate surface area is 85.8 Å². The third-order valence-electron chi connectivity index (χ3n) is 2.29. The molecule has 0 aliphatic heterocycles. The highest BCUT2D eigenvalue weighted by Crippen LogP contribution is 2.17. The van der Waals surface area contributed by atoms with Crippen LogP contribution in [0.4, 0.5) is 0 Å². The van der Waals surface area contributed by atoms with E-state index in [9.17, 15) is 9.90 Å². The Morgan fingerprint density at radius 3 is 2.21 bits per heavy atom. The minimum absolute atomic E-state index is 0.0877. The summed E-state index contributed by atoms with van der Waals surface area (Å²) in [7, 11) is 0. The number of esters is 1. The first-order valence-electron chi connectivity index (χ1n) is 4.91. The van der Waals surface area contributed by atoms with E-state index in [1.807, 2.05) is 6.92 Å². The molecule has 0 unspecified atom stereocenters. The lowest BCUT2D eigenvalue weighted by atomic mass is 9.91. The molecule has 3 heteroatoms. The van der Waals surface area contributed by atoms with Gasteiger partial charge < -0.3 is 9.84 Å². The van der Waals surface area contributed by atoms with Gasteiger partial charge >= 0.3 is 5.97 Å². The number of rotatable bonds is 5. The molecule has 3 atom stereocenters. The average Bonchev–Trinajstić information content (AvgIpc) is 2.13. The topological polar surface area (TPSA) is 46.5 Å². The molecule has 14 heavy (non-hydrogen) atoms. The van der Waals surface area contributed by atoms with E-state index in [-0.39, 0.29) is 17.9 Å². The van der Waals surface area contributed by atoms with Crippen molar-refractivity contribution < 1.29 is 14.6 Å². The van der Waals surface area contributed by atoms with Crippen molar-refractivity contribution in [3.63, 3.8) is 0 Å². The number of allylic oxidation sites excluding steroid dienone is 1. The number of ether oxygens (including phenoxy) is 1. The number of hydrogen-bond donors (Lipinski definition) is 1. The summed E-state index contributed by atoms with van der Waals surface area (Å²) in [6, 6.07) is 0. The molecule has 0 spiro atoms. The maximum absolute atomic E-state index is 11.3. The van der Waals surface area contributed by atoms with E-state index in [2.05, 4.69) is 6.58 Å². The van der Waals surface area contributed by atoms with E-state index in [4.69, 9.17) is 4.74 Å². The molecule has 82 valence electrons. The summed E-state index contributed by atoms with van der Waals surface area (Å²) >= 11 is 0. The normalized spacial score (nSPS) is 17.3. The molecule has 0 radical (unpaired) electrons. The van der Waals surface area contributed by atoms with Gasteiger partial charge in [-0.3, -0.25) is 0 Å². The second kappa shape index (κ2) is 5.81. The molecule has 1 N–H and O–H groups in total. The largest absolute Gasteiger partial charge is 0.461 e. The molecule has 0 aromatic carbocycles. The van der Waals surface area contributed by atoms with Crippen LogP contribution in [0.3, 0.4) is 0 Å². The Hall–Kier alpha value is -0.830. The predicted molar refractivity (Wildman–Crippen MR) is 55.8 cm³/mol. The lowest BCUT2D eigenvalue weighted by Gasteiger charge is -2.22. The van der Waals surface area contributed by atoms with Crippen LogP contribution in [0.2, 0.25) is 0 Å². The van der Waals surface area contributed by atoms with Crippen molar-refractivity contribution in [2.45, 2.75) is 39.9 Å². The summed E-state index contributed by atoms with van der Waals surface area (Å²) in [4.78, 5) is 11.3. The van der Waals surface area contributed by atoms with E-state index in [0.29, 0.717) is 0 Å². The van der Waals surface area contributed by atoms with Crippen molar-refractivity contribution in [1.29, 1.82) is 0 Å². The van der Waals surface area contributed by atoms with Crippen molar-refractivity contribution in [2.75, 3.05) is 0 Å². The predicted octanol–water partition coefficient (Wildman–Crippen LogP) is 1.76. The Kier molecular flexibility index (Phi) is 5.46. The number of hydrogen-bond acceptors (Lipinski definition) is 3. The van der Waals surface area contributed by atoms with Crippen molar-refractivity contribution >= 4 is 5.97 Å². The number of carbonyl (C=O) groups excluding carboxylic acids is 1. The Morgan fingerprint density at radius 1 is 1.36 bits per heavy atom. The molecule has 0 fully saturated rings. The van der Waals surface area contributed by atoms with Crippen molar-refractivity contribution in [3.8, 4) is 0 Å². The van der Waals surface area contributed by atoms with Gasteiger partial charge in [-0.2, -0.15) is 0 Å². The minimum atomic E-state index is -1.06. The van der Waals surface area contributed by atoms with Crippen LogP contribution in [0.1, 0.15) is 27.7 Å². The number of aliphatic hydroxyl groups is 1. The summed E-state index contributed by atoms with van der Waals surface area (Å²) < 4.78 is 4.90. The van der Waals surface area contributed by atoms with Gasteiger partial charge in [0.05, 0.1) is 6.10 Å². The summed E-state index contributed by atoms with van der Waals surface area (Å²) in [5, 5.41) is 9.61. The van der Waals surface area contributed by atoms with Gasteiger partial charge in [0.15, 0.2) is 6.10 Å². The van der Waals surface area contributed by atoms with E-state index >= 15 is 0 Å². The highest BCUT2D eigenvalue weighted by Gasteiger charge is 2.27. The molecule has 0 aromatic heterocycles. The van der Waals surface area contributed by atoms with Crippen LogP contribution in [-0.4, -0.2) is 23.3 Å². The smallest absolute Gasteiger partial charge is 0.335 e. The summed E-state index contributed by atoms with van der Waals surface area (Å²) in [6.45, 7) is 10.8. The molecular weight excluding hydrogens is 180 g/mol. The zero-order valence-corrected chi connectivity index (χ0v) is 9.36. The molecule has 0 aliphatic rings. The van der Waals surface area contributed by atoms with E-state index in [0.717, 1.165) is 0 Å². The quantitative estimate of drug-likeness (QED) is 0.543. The highest BCUT2D eigenvalue weighted by atomic mass is 16.6. The average molecular weight is 200 g/mol. The maximum atomic E-state index is 11.3. The van der Waals surface area contributed by atoms with Crippen LogP contribution < -0.4 is 0 Å². The van der Waals surface area contributed by atoms with Crippen LogP contribution in [0, 0.1) is 11.8 Å². The zero-order chi connectivity index (χ0) is 11.3. The number of aliphatic hydroxyl groups excluding tert-OH is 1. The molecule has 0 aliphatic carbocycles. The van der Waals surface area contributed by atoms with E-state index in [1.54, 1.807) is 26.8 Å². The lowest BCUT2D eigenvalue weighted by molar-refractivity contribution is -0.160. The molecule has 0 bridgehead atoms. The van der Waals surface area contributed by atoms with Crippen LogP contribution >= 0.6 is 0 Å². The first-order chi connectivity index (χ1) is 6.40. The second-order valence-electron chi connectivity index (χ2n) is 3.88. The summed E-state index contributed by atoms with van der Waals surface area (Å²) in [5.41, 5.74) is 0. The monoisotopic (exact) mass is 200 g/mol. The molecule has 0 amide bonds. The van der Waals surface area contributed by atoms with Gasteiger partial charge in [-0.05, 0) is 25.7 Å². The molecule has 0 rings (SSSR count). The Balaban J connectivity index is 4.23. The van der Waals surface area contributed by atoms with Crippen LogP contribution in [0.15, 0.2) is 12.7 Å². The fourth-order valence-electron chi connectivity index (χ4n) is 1.02. The van der Waals surface area contributed by atoms with Gasteiger partial charge in [0, 0.05) is 0 Å². The molecular formula is C11H20O3. The lowest BCUT2D eigenvalue weighted by Crippen LogP contribution is -2.34. The Bertz CT molecular complexity index is 199. The highest BCUT2D eigenvalue weighted by molar-refractivity contribution is 5.74. The Morgan fingerprint density at radius 2 is 1.86 bits per heavy atom. The van der Waals surface area contributed by atoms with Crippen LogP contribution in [0.5, 0.6) is 0 Å².